The number of rotatable bonds is 6. The zero-order chi connectivity index (χ0) is 27.0. The van der Waals surface area contributed by atoms with Crippen molar-refractivity contribution >= 4 is 28.4 Å². The molecule has 0 aliphatic heterocycles. The molecule has 0 bridgehead atoms. The third kappa shape index (κ3) is 5.09. The molecule has 0 aromatic carbocycles. The molecule has 4 aromatic rings. The van der Waals surface area contributed by atoms with E-state index in [-0.39, 0.29) is 18.9 Å². The van der Waals surface area contributed by atoms with Crippen LogP contribution >= 0.6 is 11.3 Å². The van der Waals surface area contributed by atoms with E-state index in [0.29, 0.717) is 27.7 Å². The van der Waals surface area contributed by atoms with Crippen LogP contribution in [0.1, 0.15) is 56.5 Å². The summed E-state index contributed by atoms with van der Waals surface area (Å²) in [6.45, 7) is 5.31. The lowest BCUT2D eigenvalue weighted by molar-refractivity contribution is -0.126. The monoisotopic (exact) mass is 535 g/mol. The van der Waals surface area contributed by atoms with Crippen LogP contribution in [0.5, 0.6) is 0 Å². The van der Waals surface area contributed by atoms with Gasteiger partial charge in [0.1, 0.15) is 5.01 Å². The standard InChI is InChI=1S/C27H27F2N7OS/c1-5-17-10-19-7-8-23(36(19)31-13-17)22-11-21(32-15(2)3)20(14-30-22)26-35-34-25(38-26)18-6-9-24(33-16(4)37)27(28,29)12-18/h1,7-8,10-11,13-15,18,24H,6,9,12H2,2-4H3,(H,30,32)(H,33,37)/t18?,24-/m0/s1. The average molecular weight is 536 g/mol. The smallest absolute Gasteiger partial charge is 0.268 e. The van der Waals surface area contributed by atoms with Crippen LogP contribution in [-0.2, 0) is 4.79 Å². The van der Waals surface area contributed by atoms with E-state index in [2.05, 4.69) is 36.8 Å². The van der Waals surface area contributed by atoms with Crippen molar-refractivity contribution in [3.05, 3.63) is 47.2 Å². The van der Waals surface area contributed by atoms with Gasteiger partial charge >= 0.3 is 0 Å². The van der Waals surface area contributed by atoms with Crippen LogP contribution in [0.25, 0.3) is 27.5 Å². The fraction of sp³-hybridized carbons (Fsp3) is 0.370. The molecule has 2 N–H and O–H groups in total. The quantitative estimate of drug-likeness (QED) is 0.333. The lowest BCUT2D eigenvalue weighted by Crippen LogP contribution is -2.50. The van der Waals surface area contributed by atoms with Gasteiger partial charge in [0.25, 0.3) is 5.92 Å². The van der Waals surface area contributed by atoms with Crippen molar-refractivity contribution in [1.82, 2.24) is 30.1 Å². The van der Waals surface area contributed by atoms with Crippen LogP contribution in [0.4, 0.5) is 14.5 Å². The highest BCUT2D eigenvalue weighted by Crippen LogP contribution is 2.44. The van der Waals surface area contributed by atoms with Gasteiger partial charge in [0.05, 0.1) is 34.7 Å². The third-order valence-corrected chi connectivity index (χ3v) is 7.63. The summed E-state index contributed by atoms with van der Waals surface area (Å²) in [4.78, 5) is 16.0. The normalized spacial score (nSPS) is 18.9. The van der Waals surface area contributed by atoms with Gasteiger partial charge in [0, 0.05) is 42.8 Å². The molecule has 1 saturated carbocycles. The van der Waals surface area contributed by atoms with E-state index in [1.165, 1.54) is 18.3 Å². The number of carbonyl (C=O) groups excluding carboxylic acids is 1. The van der Waals surface area contributed by atoms with Gasteiger partial charge in [-0.1, -0.05) is 17.3 Å². The number of carbonyl (C=O) groups is 1. The van der Waals surface area contributed by atoms with Crippen LogP contribution in [0.3, 0.4) is 0 Å². The van der Waals surface area contributed by atoms with Crippen molar-refractivity contribution in [3.63, 3.8) is 0 Å². The first kappa shape index (κ1) is 25.7. The molecule has 38 heavy (non-hydrogen) atoms. The van der Waals surface area contributed by atoms with Gasteiger partial charge in [-0.2, -0.15) is 5.10 Å². The largest absolute Gasteiger partial charge is 0.382 e. The molecule has 8 nitrogen and oxygen atoms in total. The first-order valence-corrected chi connectivity index (χ1v) is 13.2. The number of aromatic nitrogens is 5. The van der Waals surface area contributed by atoms with E-state index in [0.717, 1.165) is 22.5 Å². The molecule has 11 heteroatoms. The first-order chi connectivity index (χ1) is 18.1. The van der Waals surface area contributed by atoms with E-state index >= 15 is 0 Å². The van der Waals surface area contributed by atoms with E-state index in [1.807, 2.05) is 38.1 Å². The maximum Gasteiger partial charge on any atom is 0.268 e. The van der Waals surface area contributed by atoms with Gasteiger partial charge < -0.3 is 10.6 Å². The van der Waals surface area contributed by atoms with Gasteiger partial charge in [0.2, 0.25) is 5.91 Å². The predicted molar refractivity (Wildman–Crippen MR) is 143 cm³/mol. The van der Waals surface area contributed by atoms with E-state index in [1.54, 1.807) is 16.9 Å². The number of hydrogen-bond acceptors (Lipinski definition) is 7. The van der Waals surface area contributed by atoms with Crippen LogP contribution in [0.2, 0.25) is 0 Å². The maximum absolute atomic E-state index is 14.7. The zero-order valence-corrected chi connectivity index (χ0v) is 22.0. The molecule has 1 amide bonds. The highest BCUT2D eigenvalue weighted by atomic mass is 32.1. The predicted octanol–water partition coefficient (Wildman–Crippen LogP) is 5.12. The molecule has 2 atom stereocenters. The molecular weight excluding hydrogens is 508 g/mol. The molecule has 1 unspecified atom stereocenters. The second-order valence-corrected chi connectivity index (χ2v) is 10.8. The second-order valence-electron chi connectivity index (χ2n) is 9.80. The summed E-state index contributed by atoms with van der Waals surface area (Å²) in [7, 11) is 0. The Hall–Kier alpha value is -3.91. The van der Waals surface area contributed by atoms with Crippen molar-refractivity contribution in [2.45, 2.75) is 64.0 Å². The molecule has 0 radical (unpaired) electrons. The number of terminal acetylenes is 1. The van der Waals surface area contributed by atoms with Gasteiger partial charge in [-0.3, -0.25) is 9.78 Å². The van der Waals surface area contributed by atoms with Gasteiger partial charge in [-0.15, -0.1) is 16.6 Å². The Labute approximate surface area is 222 Å². The number of nitrogens with zero attached hydrogens (tertiary/aromatic N) is 5. The number of anilines is 1. The summed E-state index contributed by atoms with van der Waals surface area (Å²) < 4.78 is 31.3. The van der Waals surface area contributed by atoms with E-state index in [9.17, 15) is 13.6 Å². The SMILES string of the molecule is C#Cc1cnn2c(-c3cc(NC(C)C)c(-c4nnc(C5CC[C@H](NC(C)=O)C(F)(F)C5)s4)cn3)ccc2c1. The Morgan fingerprint density at radius 2 is 2.05 bits per heavy atom. The van der Waals surface area contributed by atoms with Crippen LogP contribution < -0.4 is 10.6 Å². The van der Waals surface area contributed by atoms with Gasteiger partial charge in [0.15, 0.2) is 5.01 Å². The third-order valence-electron chi connectivity index (χ3n) is 6.51. The molecule has 1 aliphatic rings. The lowest BCUT2D eigenvalue weighted by Gasteiger charge is -2.35. The summed E-state index contributed by atoms with van der Waals surface area (Å²) in [6.07, 6.45) is 9.16. The molecule has 0 spiro atoms. The fourth-order valence-corrected chi connectivity index (χ4v) is 5.76. The van der Waals surface area contributed by atoms with Gasteiger partial charge in [-0.25, -0.2) is 13.3 Å². The fourth-order valence-electron chi connectivity index (χ4n) is 4.76. The maximum atomic E-state index is 14.7. The lowest BCUT2D eigenvalue weighted by atomic mass is 9.83. The van der Waals surface area contributed by atoms with Crippen molar-refractivity contribution in [3.8, 4) is 34.3 Å². The van der Waals surface area contributed by atoms with Crippen molar-refractivity contribution in [2.75, 3.05) is 5.32 Å². The Kier molecular flexibility index (Phi) is 6.84. The van der Waals surface area contributed by atoms with Crippen LogP contribution in [0, 0.1) is 12.3 Å². The minimum absolute atomic E-state index is 0.125. The highest BCUT2D eigenvalue weighted by molar-refractivity contribution is 7.14. The minimum atomic E-state index is -3.01. The van der Waals surface area contributed by atoms with Gasteiger partial charge in [-0.05, 0) is 51.0 Å². The summed E-state index contributed by atoms with van der Waals surface area (Å²) in [5, 5.41) is 20.1. The summed E-state index contributed by atoms with van der Waals surface area (Å²) in [5.41, 5.74) is 4.62. The number of nitrogens with one attached hydrogen (secondary N) is 2. The summed E-state index contributed by atoms with van der Waals surface area (Å²) >= 11 is 1.30. The first-order valence-electron chi connectivity index (χ1n) is 12.3. The Balaban J connectivity index is 1.45. The number of amides is 1. The molecule has 4 aromatic heterocycles. The number of pyridine rings is 1. The Bertz CT molecular complexity index is 1540. The second kappa shape index (κ2) is 10.1. The molecule has 1 aliphatic carbocycles. The highest BCUT2D eigenvalue weighted by Gasteiger charge is 2.46. The molecule has 0 saturated heterocycles. The molecule has 196 valence electrons. The minimum Gasteiger partial charge on any atom is -0.382 e. The van der Waals surface area contributed by atoms with E-state index < -0.39 is 23.8 Å². The average Bonchev–Trinajstić information content (AvgIpc) is 3.51. The summed E-state index contributed by atoms with van der Waals surface area (Å²) in [5.74, 6) is -1.30. The Morgan fingerprint density at radius 3 is 2.76 bits per heavy atom. The number of halogens is 2. The molecular formula is C27H27F2N7OS. The topological polar surface area (TPSA) is 97.1 Å². The number of hydrogen-bond donors (Lipinski definition) is 2. The molecule has 4 heterocycles. The van der Waals surface area contributed by atoms with E-state index in [4.69, 9.17) is 6.42 Å². The van der Waals surface area contributed by atoms with Crippen LogP contribution in [0.15, 0.2) is 36.7 Å². The van der Waals surface area contributed by atoms with Crippen molar-refractivity contribution in [1.29, 1.82) is 0 Å². The van der Waals surface area contributed by atoms with Crippen molar-refractivity contribution < 1.29 is 13.6 Å². The zero-order valence-electron chi connectivity index (χ0n) is 21.2. The number of alkyl halides is 2. The summed E-state index contributed by atoms with van der Waals surface area (Å²) in [6, 6.07) is 6.65. The van der Waals surface area contributed by atoms with Crippen molar-refractivity contribution in [2.24, 2.45) is 0 Å². The molecule has 5 rings (SSSR count). The molecule has 1 fully saturated rings. The number of fused-ring (bicyclic) bond motifs is 1. The van der Waals surface area contributed by atoms with Crippen LogP contribution in [-0.4, -0.2) is 48.7 Å². The Morgan fingerprint density at radius 1 is 1.24 bits per heavy atom.